The number of aromatic nitrogens is 2. The number of nitrogens with zero attached hydrogens (tertiary/aromatic N) is 3. The molecule has 2 aromatic carbocycles. The molecule has 7 heteroatoms. The molecule has 0 atom stereocenters. The Bertz CT molecular complexity index is 998. The molecule has 3 rings (SSSR count). The standard InChI is InChI=1S/C20H17Cl2N5/c1-13-10-19(24-9-8-14-6-7-16(21)11-17(14)22)27-20(25-13)26-18-5-3-2-4-15(18)12-23/h2-7,10-11H,8-9H2,1H3,(H2,24,25,26,27). The first kappa shape index (κ1) is 19.0. The van der Waals surface area contributed by atoms with E-state index in [1.807, 2.05) is 43.3 Å². The van der Waals surface area contributed by atoms with Crippen LogP contribution in [0.1, 0.15) is 16.8 Å². The minimum Gasteiger partial charge on any atom is -0.370 e. The van der Waals surface area contributed by atoms with Crippen molar-refractivity contribution in [1.29, 1.82) is 5.26 Å². The molecule has 0 bridgehead atoms. The molecule has 1 aromatic heterocycles. The topological polar surface area (TPSA) is 73.6 Å². The number of halogens is 2. The van der Waals surface area contributed by atoms with E-state index in [2.05, 4.69) is 26.7 Å². The van der Waals surface area contributed by atoms with Gasteiger partial charge in [0.25, 0.3) is 0 Å². The molecule has 0 saturated carbocycles. The van der Waals surface area contributed by atoms with E-state index in [0.29, 0.717) is 39.6 Å². The van der Waals surface area contributed by atoms with Crippen LogP contribution >= 0.6 is 23.2 Å². The van der Waals surface area contributed by atoms with E-state index in [1.165, 1.54) is 0 Å². The van der Waals surface area contributed by atoms with E-state index >= 15 is 0 Å². The molecule has 0 aliphatic carbocycles. The van der Waals surface area contributed by atoms with Crippen molar-refractivity contribution in [3.63, 3.8) is 0 Å². The average Bonchev–Trinajstić information content (AvgIpc) is 2.63. The SMILES string of the molecule is Cc1cc(NCCc2ccc(Cl)cc2Cl)nc(Nc2ccccc2C#N)n1. The zero-order valence-corrected chi connectivity index (χ0v) is 16.1. The molecule has 0 spiro atoms. The van der Waals surface area contributed by atoms with Gasteiger partial charge in [0.2, 0.25) is 5.95 Å². The molecule has 3 aromatic rings. The molecule has 0 aliphatic heterocycles. The Kier molecular flexibility index (Phi) is 6.12. The van der Waals surface area contributed by atoms with Crippen LogP contribution in [0.15, 0.2) is 48.5 Å². The Morgan fingerprint density at radius 2 is 1.89 bits per heavy atom. The molecule has 1 heterocycles. The van der Waals surface area contributed by atoms with E-state index in [1.54, 1.807) is 12.1 Å². The number of hydrogen-bond acceptors (Lipinski definition) is 5. The lowest BCUT2D eigenvalue weighted by Gasteiger charge is -2.11. The minimum atomic E-state index is 0.435. The summed E-state index contributed by atoms with van der Waals surface area (Å²) in [6, 6.07) is 16.7. The van der Waals surface area contributed by atoms with Crippen molar-refractivity contribution in [3.05, 3.63) is 75.4 Å². The van der Waals surface area contributed by atoms with E-state index in [4.69, 9.17) is 23.2 Å². The van der Waals surface area contributed by atoms with Crippen LogP contribution in [-0.2, 0) is 6.42 Å². The highest BCUT2D eigenvalue weighted by Gasteiger charge is 2.07. The first-order chi connectivity index (χ1) is 13.0. The summed E-state index contributed by atoms with van der Waals surface area (Å²) < 4.78 is 0. The summed E-state index contributed by atoms with van der Waals surface area (Å²) in [7, 11) is 0. The summed E-state index contributed by atoms with van der Waals surface area (Å²) in [6.07, 6.45) is 0.735. The number of hydrogen-bond donors (Lipinski definition) is 2. The second-order valence-electron chi connectivity index (χ2n) is 5.91. The molecule has 2 N–H and O–H groups in total. The monoisotopic (exact) mass is 397 g/mol. The first-order valence-electron chi connectivity index (χ1n) is 8.35. The predicted molar refractivity (Wildman–Crippen MR) is 110 cm³/mol. The van der Waals surface area contributed by atoms with Gasteiger partial charge < -0.3 is 10.6 Å². The van der Waals surface area contributed by atoms with Gasteiger partial charge in [0.1, 0.15) is 11.9 Å². The fourth-order valence-electron chi connectivity index (χ4n) is 2.57. The molecule has 0 amide bonds. The highest BCUT2D eigenvalue weighted by Crippen LogP contribution is 2.22. The summed E-state index contributed by atoms with van der Waals surface area (Å²) in [5.74, 6) is 1.13. The van der Waals surface area contributed by atoms with Crippen LogP contribution in [0.2, 0.25) is 10.0 Å². The summed E-state index contributed by atoms with van der Waals surface area (Å²) in [5, 5.41) is 16.9. The van der Waals surface area contributed by atoms with Crippen LogP contribution in [0.25, 0.3) is 0 Å². The van der Waals surface area contributed by atoms with Crippen molar-refractivity contribution in [2.24, 2.45) is 0 Å². The van der Waals surface area contributed by atoms with Crippen molar-refractivity contribution in [2.45, 2.75) is 13.3 Å². The van der Waals surface area contributed by atoms with E-state index < -0.39 is 0 Å². The quantitative estimate of drug-likeness (QED) is 0.585. The Morgan fingerprint density at radius 1 is 1.07 bits per heavy atom. The van der Waals surface area contributed by atoms with Crippen LogP contribution in [0.3, 0.4) is 0 Å². The first-order valence-corrected chi connectivity index (χ1v) is 9.10. The van der Waals surface area contributed by atoms with Gasteiger partial charge in [-0.1, -0.05) is 41.4 Å². The minimum absolute atomic E-state index is 0.435. The second kappa shape index (κ2) is 8.72. The number of nitrogens with one attached hydrogen (secondary N) is 2. The van der Waals surface area contributed by atoms with Gasteiger partial charge in [-0.15, -0.1) is 0 Å². The number of para-hydroxylation sites is 1. The van der Waals surface area contributed by atoms with Gasteiger partial charge in [-0.3, -0.25) is 0 Å². The van der Waals surface area contributed by atoms with E-state index in [9.17, 15) is 5.26 Å². The molecule has 0 unspecified atom stereocenters. The molecule has 0 fully saturated rings. The lowest BCUT2D eigenvalue weighted by Crippen LogP contribution is -2.09. The van der Waals surface area contributed by atoms with Gasteiger partial charge in [0, 0.05) is 28.4 Å². The number of benzene rings is 2. The van der Waals surface area contributed by atoms with Crippen molar-refractivity contribution in [3.8, 4) is 6.07 Å². The fourth-order valence-corrected chi connectivity index (χ4v) is 3.08. The Labute approximate surface area is 168 Å². The molecular formula is C20H17Cl2N5. The van der Waals surface area contributed by atoms with Crippen molar-refractivity contribution in [2.75, 3.05) is 17.2 Å². The Hall–Kier alpha value is -2.81. The molecule has 136 valence electrons. The smallest absolute Gasteiger partial charge is 0.229 e. The van der Waals surface area contributed by atoms with Crippen LogP contribution < -0.4 is 10.6 Å². The van der Waals surface area contributed by atoms with Crippen LogP contribution in [0.5, 0.6) is 0 Å². The zero-order chi connectivity index (χ0) is 19.2. The zero-order valence-electron chi connectivity index (χ0n) is 14.6. The lowest BCUT2D eigenvalue weighted by atomic mass is 10.1. The fraction of sp³-hybridized carbons (Fsp3) is 0.150. The maximum Gasteiger partial charge on any atom is 0.229 e. The van der Waals surface area contributed by atoms with Crippen LogP contribution in [0.4, 0.5) is 17.5 Å². The summed E-state index contributed by atoms with van der Waals surface area (Å²) in [6.45, 7) is 2.55. The summed E-state index contributed by atoms with van der Waals surface area (Å²) in [5.41, 5.74) is 3.04. The Balaban J connectivity index is 1.69. The van der Waals surface area contributed by atoms with Crippen LogP contribution in [0, 0.1) is 18.3 Å². The largest absolute Gasteiger partial charge is 0.370 e. The van der Waals surface area contributed by atoms with Crippen molar-refractivity contribution in [1.82, 2.24) is 9.97 Å². The molecule has 0 saturated heterocycles. The summed E-state index contributed by atoms with van der Waals surface area (Å²) >= 11 is 12.1. The van der Waals surface area contributed by atoms with Crippen molar-refractivity contribution >= 4 is 40.7 Å². The van der Waals surface area contributed by atoms with Crippen LogP contribution in [-0.4, -0.2) is 16.5 Å². The van der Waals surface area contributed by atoms with Gasteiger partial charge in [0.15, 0.2) is 0 Å². The maximum atomic E-state index is 9.21. The molecule has 5 nitrogen and oxygen atoms in total. The average molecular weight is 398 g/mol. The molecular weight excluding hydrogens is 381 g/mol. The predicted octanol–water partition coefficient (Wildman–Crippen LogP) is 5.36. The van der Waals surface area contributed by atoms with Gasteiger partial charge in [-0.05, 0) is 43.2 Å². The normalized spacial score (nSPS) is 10.3. The molecule has 0 aliphatic rings. The maximum absolute atomic E-state index is 9.21. The lowest BCUT2D eigenvalue weighted by molar-refractivity contribution is 0.995. The number of aryl methyl sites for hydroxylation is 1. The highest BCUT2D eigenvalue weighted by atomic mass is 35.5. The summed E-state index contributed by atoms with van der Waals surface area (Å²) in [4.78, 5) is 8.86. The van der Waals surface area contributed by atoms with Gasteiger partial charge in [0.05, 0.1) is 11.3 Å². The number of anilines is 3. The second-order valence-corrected chi connectivity index (χ2v) is 6.76. The van der Waals surface area contributed by atoms with Crippen molar-refractivity contribution < 1.29 is 0 Å². The molecule has 27 heavy (non-hydrogen) atoms. The van der Waals surface area contributed by atoms with Gasteiger partial charge in [-0.25, -0.2) is 4.98 Å². The third kappa shape index (κ3) is 5.10. The molecule has 0 radical (unpaired) electrons. The van der Waals surface area contributed by atoms with Gasteiger partial charge in [-0.2, -0.15) is 10.2 Å². The van der Waals surface area contributed by atoms with E-state index in [-0.39, 0.29) is 0 Å². The number of rotatable bonds is 6. The third-order valence-corrected chi connectivity index (χ3v) is 4.45. The Morgan fingerprint density at radius 3 is 2.67 bits per heavy atom. The highest BCUT2D eigenvalue weighted by molar-refractivity contribution is 6.35. The number of nitriles is 1. The third-order valence-electron chi connectivity index (χ3n) is 3.86. The van der Waals surface area contributed by atoms with E-state index in [0.717, 1.165) is 17.7 Å². The van der Waals surface area contributed by atoms with Gasteiger partial charge >= 0.3 is 0 Å².